The van der Waals surface area contributed by atoms with Crippen LogP contribution in [-0.2, 0) is 9.53 Å². The molecular weight excluding hydrogens is 460 g/mol. The van der Waals surface area contributed by atoms with Crippen molar-refractivity contribution >= 4 is 49.7 Å². The van der Waals surface area contributed by atoms with E-state index in [0.717, 1.165) is 44.9 Å². The zero-order chi connectivity index (χ0) is 21.9. The van der Waals surface area contributed by atoms with Crippen LogP contribution in [0.1, 0.15) is 38.6 Å². The molecule has 2 fully saturated rings. The fourth-order valence-corrected chi connectivity index (χ4v) is 5.21. The normalized spacial score (nSPS) is 23.3. The van der Waals surface area contributed by atoms with Crippen LogP contribution in [0.3, 0.4) is 0 Å². The first-order chi connectivity index (χ1) is 14.9. The molecule has 0 bridgehead atoms. The summed E-state index contributed by atoms with van der Waals surface area (Å²) in [6.07, 6.45) is 1.32. The molecule has 2 heterocycles. The first-order valence-corrected chi connectivity index (χ1v) is 11.4. The Morgan fingerprint density at radius 1 is 1.26 bits per heavy atom. The van der Waals surface area contributed by atoms with E-state index < -0.39 is 12.1 Å². The number of fused-ring (bicyclic) bond motifs is 4. The Balaban J connectivity index is 1.50. The van der Waals surface area contributed by atoms with Crippen molar-refractivity contribution in [3.05, 3.63) is 40.6 Å². The predicted octanol–water partition coefficient (Wildman–Crippen LogP) is 4.52. The van der Waals surface area contributed by atoms with Crippen molar-refractivity contribution in [3.8, 4) is 0 Å². The third-order valence-corrected chi connectivity index (χ3v) is 7.01. The summed E-state index contributed by atoms with van der Waals surface area (Å²) in [6, 6.07) is 9.76. The largest absolute Gasteiger partial charge is 0.453 e. The van der Waals surface area contributed by atoms with Crippen LogP contribution < -0.4 is 5.32 Å². The van der Waals surface area contributed by atoms with E-state index in [-0.39, 0.29) is 23.9 Å². The Morgan fingerprint density at radius 2 is 2.06 bits per heavy atom. The number of nitrogens with zero attached hydrogens (tertiary/aromatic N) is 2. The lowest BCUT2D eigenvalue weighted by Gasteiger charge is -2.31. The lowest BCUT2D eigenvalue weighted by molar-refractivity contribution is -0.136. The lowest BCUT2D eigenvalue weighted by atomic mass is 10.0. The molecule has 2 aliphatic rings. The number of alkyl carbamates (subject to hydrolysis) is 1. The number of H-pyrrole nitrogens is 1. The van der Waals surface area contributed by atoms with Gasteiger partial charge in [-0.25, -0.2) is 9.78 Å². The first-order valence-electron chi connectivity index (χ1n) is 10.6. The monoisotopic (exact) mass is 484 g/mol. The van der Waals surface area contributed by atoms with Crippen molar-refractivity contribution in [2.24, 2.45) is 11.8 Å². The van der Waals surface area contributed by atoms with Gasteiger partial charge >= 0.3 is 6.09 Å². The number of aromatic nitrogens is 2. The third-order valence-electron chi connectivity index (χ3n) is 6.51. The van der Waals surface area contributed by atoms with Crippen LogP contribution in [0.25, 0.3) is 21.8 Å². The topological polar surface area (TPSA) is 87.3 Å². The average Bonchev–Trinajstić information content (AvgIpc) is 3.20. The van der Waals surface area contributed by atoms with Gasteiger partial charge in [-0.1, -0.05) is 41.9 Å². The number of amides is 2. The maximum atomic E-state index is 13.5. The minimum absolute atomic E-state index is 0.0527. The maximum Gasteiger partial charge on any atom is 0.407 e. The van der Waals surface area contributed by atoms with Crippen LogP contribution in [0.2, 0.25) is 0 Å². The van der Waals surface area contributed by atoms with Crippen LogP contribution in [0.15, 0.2) is 34.8 Å². The molecule has 1 aromatic heterocycles. The highest BCUT2D eigenvalue weighted by Gasteiger charge is 2.56. The average molecular weight is 485 g/mol. The summed E-state index contributed by atoms with van der Waals surface area (Å²) in [6.45, 7) is 3.86. The number of imidazole rings is 1. The second kappa shape index (κ2) is 7.51. The molecule has 2 amide bonds. The van der Waals surface area contributed by atoms with E-state index in [1.807, 2.05) is 30.9 Å². The molecule has 1 aliphatic carbocycles. The number of piperidine rings is 1. The van der Waals surface area contributed by atoms with Gasteiger partial charge in [-0.15, -0.1) is 0 Å². The van der Waals surface area contributed by atoms with Gasteiger partial charge in [0.1, 0.15) is 11.9 Å². The molecule has 8 heteroatoms. The van der Waals surface area contributed by atoms with E-state index in [1.165, 1.54) is 7.11 Å². The number of likely N-dealkylation sites (tertiary alicyclic amines) is 1. The first kappa shape index (κ1) is 20.3. The van der Waals surface area contributed by atoms with Crippen LogP contribution in [0.5, 0.6) is 0 Å². The number of hydrogen-bond donors (Lipinski definition) is 2. The van der Waals surface area contributed by atoms with E-state index in [4.69, 9.17) is 9.72 Å². The highest BCUT2D eigenvalue weighted by atomic mass is 79.9. The molecule has 0 unspecified atom stereocenters. The highest BCUT2D eigenvalue weighted by Crippen LogP contribution is 2.53. The van der Waals surface area contributed by atoms with Gasteiger partial charge in [-0.05, 0) is 48.3 Å². The SMILES string of the molecule is COC(=O)N[C@H](C(=O)N1[C@H](c2nc3c(ccc4cc(Br)ccc43)[nH]2)C[C@@H]2C[C@@H]21)C(C)C. The number of benzene rings is 2. The minimum atomic E-state index is -0.628. The Hall–Kier alpha value is -2.61. The molecule has 1 aliphatic heterocycles. The third kappa shape index (κ3) is 3.46. The molecule has 31 heavy (non-hydrogen) atoms. The van der Waals surface area contributed by atoms with Gasteiger partial charge in [0.05, 0.1) is 24.2 Å². The Kier molecular flexibility index (Phi) is 4.92. The molecule has 7 nitrogen and oxygen atoms in total. The molecule has 2 N–H and O–H groups in total. The molecule has 2 aromatic carbocycles. The Labute approximate surface area is 188 Å². The molecule has 162 valence electrons. The van der Waals surface area contributed by atoms with Gasteiger partial charge in [-0.2, -0.15) is 0 Å². The minimum Gasteiger partial charge on any atom is -0.453 e. The summed E-state index contributed by atoms with van der Waals surface area (Å²) >= 11 is 3.53. The van der Waals surface area contributed by atoms with Crippen LogP contribution in [-0.4, -0.2) is 46.1 Å². The number of aromatic amines is 1. The highest BCUT2D eigenvalue weighted by molar-refractivity contribution is 9.10. The zero-order valence-corrected chi connectivity index (χ0v) is 19.3. The van der Waals surface area contributed by atoms with Gasteiger partial charge in [0, 0.05) is 15.9 Å². The van der Waals surface area contributed by atoms with Crippen LogP contribution >= 0.6 is 15.9 Å². The molecule has 1 saturated heterocycles. The molecular formula is C23H25BrN4O3. The summed E-state index contributed by atoms with van der Waals surface area (Å²) in [5.41, 5.74) is 1.88. The molecule has 1 saturated carbocycles. The number of hydrogen-bond acceptors (Lipinski definition) is 4. The van der Waals surface area contributed by atoms with Crippen molar-refractivity contribution < 1.29 is 14.3 Å². The summed E-state index contributed by atoms with van der Waals surface area (Å²) in [5.74, 6) is 1.19. The van der Waals surface area contributed by atoms with E-state index in [0.29, 0.717) is 5.92 Å². The summed E-state index contributed by atoms with van der Waals surface area (Å²) in [5, 5.41) is 4.92. The van der Waals surface area contributed by atoms with E-state index in [2.05, 4.69) is 44.4 Å². The molecule has 0 spiro atoms. The number of nitrogens with one attached hydrogen (secondary N) is 2. The van der Waals surface area contributed by atoms with Crippen LogP contribution in [0.4, 0.5) is 4.79 Å². The fourth-order valence-electron chi connectivity index (χ4n) is 4.83. The summed E-state index contributed by atoms with van der Waals surface area (Å²) in [4.78, 5) is 35.7. The smallest absolute Gasteiger partial charge is 0.407 e. The van der Waals surface area contributed by atoms with E-state index in [1.54, 1.807) is 0 Å². The maximum absolute atomic E-state index is 13.5. The van der Waals surface area contributed by atoms with Crippen LogP contribution in [0, 0.1) is 11.8 Å². The predicted molar refractivity (Wildman–Crippen MR) is 122 cm³/mol. The Morgan fingerprint density at radius 3 is 2.81 bits per heavy atom. The molecule has 4 atom stereocenters. The second-order valence-electron chi connectivity index (χ2n) is 8.87. The molecule has 3 aromatic rings. The number of carbonyl (C=O) groups excluding carboxylic acids is 2. The van der Waals surface area contributed by atoms with Gasteiger partial charge in [0.15, 0.2) is 0 Å². The van der Waals surface area contributed by atoms with Crippen molar-refractivity contribution in [3.63, 3.8) is 0 Å². The second-order valence-corrected chi connectivity index (χ2v) is 9.78. The van der Waals surface area contributed by atoms with Gasteiger partial charge in [0.2, 0.25) is 5.91 Å². The quantitative estimate of drug-likeness (QED) is 0.569. The van der Waals surface area contributed by atoms with Gasteiger partial charge < -0.3 is 19.9 Å². The van der Waals surface area contributed by atoms with Gasteiger partial charge in [0.25, 0.3) is 0 Å². The number of carbonyl (C=O) groups is 2. The van der Waals surface area contributed by atoms with Crippen molar-refractivity contribution in [2.75, 3.05) is 7.11 Å². The molecule has 0 radical (unpaired) electrons. The summed E-state index contributed by atoms with van der Waals surface area (Å²) < 4.78 is 5.77. The Bertz CT molecular complexity index is 1190. The zero-order valence-electron chi connectivity index (χ0n) is 17.7. The number of rotatable bonds is 4. The molecule has 5 rings (SSSR count). The number of methoxy groups -OCH3 is 1. The van der Waals surface area contributed by atoms with E-state index >= 15 is 0 Å². The number of ether oxygens (including phenoxy) is 1. The van der Waals surface area contributed by atoms with Crippen molar-refractivity contribution in [1.29, 1.82) is 0 Å². The van der Waals surface area contributed by atoms with Crippen molar-refractivity contribution in [1.82, 2.24) is 20.2 Å². The standard InChI is InChI=1S/C23H25BrN4O3/c1-11(2)19(27-23(30)31-3)22(29)28-17-9-13(17)10-18(28)21-25-16-7-4-12-8-14(24)5-6-15(12)20(16)26-21/h4-8,11,13,17-19H,9-10H2,1-3H3,(H,25,26)(H,27,30)/t13-,17-,18-,19-/m0/s1. The summed E-state index contributed by atoms with van der Waals surface area (Å²) in [7, 11) is 1.31. The lowest BCUT2D eigenvalue weighted by Crippen LogP contribution is -2.52. The van der Waals surface area contributed by atoms with E-state index in [9.17, 15) is 9.59 Å². The fraction of sp³-hybridized carbons (Fsp3) is 0.435. The van der Waals surface area contributed by atoms with Crippen molar-refractivity contribution in [2.45, 2.75) is 44.8 Å². The van der Waals surface area contributed by atoms with Gasteiger partial charge in [-0.3, -0.25) is 4.79 Å². The number of halogens is 1.